The van der Waals surface area contributed by atoms with Gasteiger partial charge in [-0.25, -0.2) is 4.79 Å². The number of nitro groups is 1. The van der Waals surface area contributed by atoms with Crippen molar-refractivity contribution in [1.29, 1.82) is 0 Å². The minimum atomic E-state index is -5.77. The average Bonchev–Trinajstić information content (AvgIpc) is 3.36. The lowest BCUT2D eigenvalue weighted by atomic mass is 9.99. The van der Waals surface area contributed by atoms with Crippen LogP contribution in [0.4, 0.5) is 30.2 Å². The molecule has 2 saturated heterocycles. The van der Waals surface area contributed by atoms with Gasteiger partial charge >= 0.3 is 18.1 Å². The van der Waals surface area contributed by atoms with E-state index < -0.39 is 53.6 Å². The summed E-state index contributed by atoms with van der Waals surface area (Å²) in [5.74, 6) is -4.82. The number of ether oxygens (including phenoxy) is 2. The van der Waals surface area contributed by atoms with Gasteiger partial charge in [0.05, 0.1) is 15.4 Å². The van der Waals surface area contributed by atoms with Crippen LogP contribution in [0.25, 0.3) is 22.3 Å². The van der Waals surface area contributed by atoms with E-state index in [0.29, 0.717) is 81.1 Å². The van der Waals surface area contributed by atoms with E-state index in [2.05, 4.69) is 15.1 Å². The van der Waals surface area contributed by atoms with E-state index in [-0.39, 0.29) is 29.6 Å². The Bertz CT molecular complexity index is 2940. The second kappa shape index (κ2) is 21.1. The molecule has 69 heavy (non-hydrogen) atoms. The number of sulfonamides is 1. The summed E-state index contributed by atoms with van der Waals surface area (Å²) in [6, 6.07) is 38.2. The van der Waals surface area contributed by atoms with Crippen LogP contribution >= 0.6 is 11.6 Å². The number of hydrogen-bond donors (Lipinski definition) is 1. The van der Waals surface area contributed by atoms with Crippen molar-refractivity contribution >= 4 is 50.6 Å². The van der Waals surface area contributed by atoms with E-state index in [0.717, 1.165) is 40.5 Å². The lowest BCUT2D eigenvalue weighted by Crippen LogP contribution is -2.46. The van der Waals surface area contributed by atoms with Gasteiger partial charge in [0.25, 0.3) is 15.7 Å². The molecule has 6 aromatic carbocycles. The molecule has 2 heterocycles. The third-order valence-electron chi connectivity index (χ3n) is 11.9. The van der Waals surface area contributed by atoms with Gasteiger partial charge in [-0.2, -0.15) is 21.6 Å². The molecule has 358 valence electrons. The first-order valence-corrected chi connectivity index (χ1v) is 23.7. The summed E-state index contributed by atoms with van der Waals surface area (Å²) >= 11 is 6.75. The molecule has 0 radical (unpaired) electrons. The summed E-state index contributed by atoms with van der Waals surface area (Å²) in [4.78, 5) is 46.0. The molecule has 0 spiro atoms. The van der Waals surface area contributed by atoms with Gasteiger partial charge in [-0.1, -0.05) is 96.5 Å². The number of alkyl halides is 3. The second-order valence-electron chi connectivity index (χ2n) is 16.4. The third kappa shape index (κ3) is 11.5. The zero-order chi connectivity index (χ0) is 48.7. The lowest BCUT2D eigenvalue weighted by molar-refractivity contribution is -0.384. The molecule has 8 rings (SSSR count). The summed E-state index contributed by atoms with van der Waals surface area (Å²) in [5.41, 5.74) is 3.59. The van der Waals surface area contributed by atoms with Gasteiger partial charge < -0.3 is 24.5 Å². The first-order chi connectivity index (χ1) is 33.2. The Hall–Kier alpha value is -6.99. The zero-order valence-corrected chi connectivity index (χ0v) is 38.4. The van der Waals surface area contributed by atoms with Gasteiger partial charge in [-0.15, -0.1) is 0 Å². The van der Waals surface area contributed by atoms with Crippen LogP contribution in [0.5, 0.6) is 11.5 Å². The fraction of sp³-hybridized carbons (Fsp3) is 0.240. The number of nitro benzene ring substituents is 1. The van der Waals surface area contributed by atoms with E-state index in [1.807, 2.05) is 89.8 Å². The van der Waals surface area contributed by atoms with E-state index in [4.69, 9.17) is 21.1 Å². The van der Waals surface area contributed by atoms with E-state index >= 15 is 0 Å². The van der Waals surface area contributed by atoms with Gasteiger partial charge in [0.1, 0.15) is 17.2 Å². The molecular weight excluding hydrogens is 939 g/mol. The van der Waals surface area contributed by atoms with Crippen LogP contribution in [0, 0.1) is 16.0 Å². The molecule has 14 nitrogen and oxygen atoms in total. The molecule has 0 aliphatic carbocycles. The molecule has 2 fully saturated rings. The van der Waals surface area contributed by atoms with E-state index in [1.165, 1.54) is 12.1 Å². The zero-order valence-electron chi connectivity index (χ0n) is 36.8. The molecule has 2 aliphatic heterocycles. The third-order valence-corrected chi connectivity index (χ3v) is 13.7. The summed E-state index contributed by atoms with van der Waals surface area (Å²) in [5, 5.41) is 15.8. The molecule has 0 atom stereocenters. The number of halogens is 4. The molecule has 6 aromatic rings. The van der Waals surface area contributed by atoms with Crippen LogP contribution < -0.4 is 15.0 Å². The van der Waals surface area contributed by atoms with Gasteiger partial charge in [-0.05, 0) is 93.5 Å². The molecule has 0 saturated carbocycles. The van der Waals surface area contributed by atoms with Crippen LogP contribution in [-0.4, -0.2) is 86.7 Å². The normalized spacial score (nSPS) is 14.8. The van der Waals surface area contributed by atoms with Crippen molar-refractivity contribution in [2.45, 2.75) is 30.5 Å². The first-order valence-electron chi connectivity index (χ1n) is 21.9. The van der Waals surface area contributed by atoms with Crippen LogP contribution in [0.15, 0.2) is 144 Å². The number of nitrogens with zero attached hydrogens (tertiary/aromatic N) is 4. The maximum Gasteiger partial charge on any atom is 0.493 e. The molecule has 0 unspecified atom stereocenters. The van der Waals surface area contributed by atoms with Crippen LogP contribution in [0.3, 0.4) is 0 Å². The average molecular weight is 984 g/mol. The molecule has 1 amide bonds. The Morgan fingerprint density at radius 2 is 1.48 bits per heavy atom. The summed E-state index contributed by atoms with van der Waals surface area (Å²) < 4.78 is 81.1. The number of benzene rings is 6. The van der Waals surface area contributed by atoms with Gasteiger partial charge in [0.15, 0.2) is 0 Å². The number of hydroxylamine groups is 1. The monoisotopic (exact) mass is 983 g/mol. The molecule has 0 aromatic heterocycles. The number of carbonyl (C=O) groups is 2. The lowest BCUT2D eigenvalue weighted by Gasteiger charge is -2.36. The number of anilines is 2. The second-order valence-corrected chi connectivity index (χ2v) is 18.5. The first kappa shape index (κ1) is 48.5. The highest BCUT2D eigenvalue weighted by molar-refractivity contribution is 7.89. The SMILES string of the molecule is O=C(c1ccc(N2CCN(Cc3c(Cl)cccc3-c3ccccc3)CC2)cc1Oc1cccc(-c2ccccc2)c1)N(OC(=O)C(F)(F)F)S(=O)(=O)c1ccc(NCC2CCOCC2)c([N+](=O)[O-])c1. The maximum absolute atomic E-state index is 14.6. The predicted molar refractivity (Wildman–Crippen MR) is 253 cm³/mol. The van der Waals surface area contributed by atoms with Crippen molar-refractivity contribution in [1.82, 2.24) is 9.37 Å². The molecule has 2 aliphatic rings. The van der Waals surface area contributed by atoms with E-state index in [9.17, 15) is 41.3 Å². The van der Waals surface area contributed by atoms with Crippen molar-refractivity contribution in [3.8, 4) is 33.8 Å². The van der Waals surface area contributed by atoms with Crippen molar-refractivity contribution in [2.24, 2.45) is 5.92 Å². The van der Waals surface area contributed by atoms with Gasteiger partial charge in [0, 0.05) is 75.3 Å². The van der Waals surface area contributed by atoms with Gasteiger partial charge in [0.2, 0.25) is 0 Å². The quantitative estimate of drug-likeness (QED) is 0.0814. The van der Waals surface area contributed by atoms with Crippen molar-refractivity contribution in [2.75, 3.05) is 56.2 Å². The van der Waals surface area contributed by atoms with Crippen LogP contribution in [0.2, 0.25) is 5.02 Å². The number of amides is 1. The number of nitrogens with one attached hydrogen (secondary N) is 1. The van der Waals surface area contributed by atoms with E-state index in [1.54, 1.807) is 18.2 Å². The number of hydrogen-bond acceptors (Lipinski definition) is 12. The number of rotatable bonds is 14. The minimum Gasteiger partial charge on any atom is -0.456 e. The highest BCUT2D eigenvalue weighted by Crippen LogP contribution is 2.37. The summed E-state index contributed by atoms with van der Waals surface area (Å²) in [6.07, 6.45) is -4.41. The van der Waals surface area contributed by atoms with Crippen molar-refractivity contribution in [3.63, 3.8) is 0 Å². The van der Waals surface area contributed by atoms with Crippen LogP contribution in [-0.2, 0) is 30.9 Å². The number of carbonyl (C=O) groups excluding carboxylic acids is 2. The summed E-state index contributed by atoms with van der Waals surface area (Å²) in [7, 11) is -5.62. The molecule has 1 N–H and O–H groups in total. The fourth-order valence-electron chi connectivity index (χ4n) is 8.16. The Kier molecular flexibility index (Phi) is 14.8. The molecular formula is C50H45ClF3N5O9S. The minimum absolute atomic E-state index is 0.0822. The standard InChI is InChI=1S/C50H45ClF3N5O9S/c51-44-16-8-15-41(36-11-5-2-6-12-36)43(44)33-56-23-25-57(26-24-56)38-17-19-42(47(30-38)67-39-14-7-13-37(29-39)35-9-3-1-4-10-35)48(60)59(68-49(61)50(52,53)54)69(64,65)40-18-20-45(46(31-40)58(62)63)55-32-34-21-27-66-28-22-34/h1-20,29-31,34,55H,21-28,32-33H2. The highest BCUT2D eigenvalue weighted by Gasteiger charge is 2.47. The number of piperazine rings is 1. The molecule has 0 bridgehead atoms. The van der Waals surface area contributed by atoms with Crippen molar-refractivity contribution < 1.29 is 50.4 Å². The Balaban J connectivity index is 1.12. The topological polar surface area (TPSA) is 161 Å². The Morgan fingerprint density at radius 1 is 0.812 bits per heavy atom. The van der Waals surface area contributed by atoms with Crippen molar-refractivity contribution in [3.05, 3.63) is 166 Å². The smallest absolute Gasteiger partial charge is 0.456 e. The largest absolute Gasteiger partial charge is 0.493 e. The fourth-order valence-corrected chi connectivity index (χ4v) is 9.57. The van der Waals surface area contributed by atoms with Crippen LogP contribution in [0.1, 0.15) is 28.8 Å². The predicted octanol–water partition coefficient (Wildman–Crippen LogP) is 10.4. The summed E-state index contributed by atoms with van der Waals surface area (Å²) in [6.45, 7) is 3.94. The Morgan fingerprint density at radius 3 is 2.16 bits per heavy atom. The molecule has 19 heteroatoms. The highest BCUT2D eigenvalue weighted by atomic mass is 35.5. The van der Waals surface area contributed by atoms with Gasteiger partial charge in [-0.3, -0.25) is 19.8 Å². The Labute approximate surface area is 400 Å². The maximum atomic E-state index is 14.6.